The first-order valence-electron chi connectivity index (χ1n) is 41.5. The van der Waals surface area contributed by atoms with E-state index in [1.165, 1.54) is 35.6 Å². The first-order valence-corrected chi connectivity index (χ1v) is 43.2. The second-order valence-corrected chi connectivity index (χ2v) is 33.2. The lowest BCUT2D eigenvalue weighted by Gasteiger charge is -2.15. The number of methoxy groups -OCH3 is 1. The number of likely N-dealkylation sites (N-methyl/N-ethyl adjacent to an activating group) is 4. The van der Waals surface area contributed by atoms with Crippen LogP contribution >= 0.6 is 22.7 Å². The Labute approximate surface area is 770 Å². The van der Waals surface area contributed by atoms with Gasteiger partial charge >= 0.3 is 0 Å². The van der Waals surface area contributed by atoms with E-state index in [1.54, 1.807) is 149 Å². The molecule has 0 spiro atoms. The molecule has 10 aromatic heterocycles. The van der Waals surface area contributed by atoms with E-state index in [1.807, 2.05) is 147 Å². The zero-order chi connectivity index (χ0) is 94.3. The Morgan fingerprint density at radius 1 is 0.353 bits per heavy atom. The minimum absolute atomic E-state index is 0.152. The number of anilines is 4. The Bertz CT molecular complexity index is 6860. The van der Waals surface area contributed by atoms with Gasteiger partial charge in [0.2, 0.25) is 0 Å². The van der Waals surface area contributed by atoms with Gasteiger partial charge in [-0.3, -0.25) is 0 Å². The standard InChI is InChI=1S/C25H24FN7OS.C24H26FN7O2.C23H23F2N7O.C21H22FN7OS/c1-15-20(34-11-10-32(2)3)9-8-19(23(15)26)33-25(29-30-31-33)18-12-17(14-28-24(18)27)22-13-16-6-4-5-7-21(16)35-22;1-15-21(34-12-11-31(2)3)10-9-20(22(15)25)32-24(28-29-30-32)19-13-17(14-27-23(19)26)16-5-7-18(33-4)8-6-16;1-14-20(33-11-10-31(2)3)9-8-19(21(14)25)32-23(28-29-30-32)18-12-16(13-27-22(18)26)15-4-6-17(24)7-5-15;1-13-18(30-8-7-28(2)3)5-4-17(19(13)22)29-21(25-26-27-29)16-10-15(11-24-20(16)23)14-6-9-31-12-14/h4-9,12-14H,10-11H2,1-3H3,(H2,27,28);5-10,13-14H,11-12H2,1-4H3,(H2,26,27);4-9,12-13H,10-11H2,1-3H3,(H2,26,27);4-6,9-12H,7-8H2,1-3H3,(H2,23,24). The number of fused-ring (bicyclic) bond motifs is 1. The molecule has 0 fully saturated rings. The molecular weight excluding hydrogens is 1750 g/mol. The Morgan fingerprint density at radius 2 is 0.669 bits per heavy atom. The van der Waals surface area contributed by atoms with Crippen molar-refractivity contribution >= 4 is 56.0 Å². The summed E-state index contributed by atoms with van der Waals surface area (Å²) in [4.78, 5) is 26.2. The molecule has 0 unspecified atom stereocenters. The molecule has 0 aliphatic heterocycles. The SMILES string of the molecule is COc1ccc(-c2cnc(N)c(-c3nnnn3-c3ccc(OCCN(C)C)c(C)c3F)c2)cc1.Cc1c(OCCN(C)C)ccc(-n2nnnc2-c2cc(-c3cc4ccccc4s3)cnc2N)c1F.Cc1c(OCCN(C)C)ccc(-n2nnnc2-c2cc(-c3ccc(F)cc3)cnc2N)c1F.Cc1c(OCCN(C)C)ccc(-n2nnnc2-c2cc(-c3ccsc3)cnc2N)c1F. The smallest absolute Gasteiger partial charge is 0.190 e. The molecule has 684 valence electrons. The third-order valence-corrected chi connectivity index (χ3v) is 22.9. The topological polar surface area (TPSA) is 389 Å². The van der Waals surface area contributed by atoms with Crippen molar-refractivity contribution in [3.8, 4) is 141 Å². The minimum atomic E-state index is -0.507. The third-order valence-electron chi connectivity index (χ3n) is 21.0. The average Bonchev–Trinajstić information content (AvgIpc) is 1.55. The Kier molecular flexibility index (Phi) is 30.0. The fourth-order valence-electron chi connectivity index (χ4n) is 13.5. The van der Waals surface area contributed by atoms with Gasteiger partial charge in [0.25, 0.3) is 0 Å². The molecule has 7 aromatic carbocycles. The van der Waals surface area contributed by atoms with Gasteiger partial charge in [0.05, 0.1) is 29.4 Å². The fraction of sp³-hybridized carbons (Fsp3) is 0.226. The highest BCUT2D eigenvalue weighted by Crippen LogP contribution is 2.41. The molecule has 0 bridgehead atoms. The van der Waals surface area contributed by atoms with Crippen LogP contribution in [0.5, 0.6) is 28.7 Å². The summed E-state index contributed by atoms with van der Waals surface area (Å²) in [5.41, 5.74) is 34.7. The molecule has 0 saturated heterocycles. The summed E-state index contributed by atoms with van der Waals surface area (Å²) in [6.07, 6.45) is 6.66. The Balaban J connectivity index is 0.000000143. The number of hydrogen-bond acceptors (Lipinski definition) is 31. The lowest BCUT2D eigenvalue weighted by molar-refractivity contribution is 0.259. The molecule has 33 nitrogen and oxygen atoms in total. The molecule has 17 rings (SSSR count). The second-order valence-electron chi connectivity index (χ2n) is 31.4. The Morgan fingerprint density at radius 3 is 0.985 bits per heavy atom. The Hall–Kier alpha value is -15.2. The second kappa shape index (κ2) is 42.6. The number of pyridine rings is 4. The van der Waals surface area contributed by atoms with E-state index in [-0.39, 0.29) is 63.5 Å². The molecule has 0 saturated carbocycles. The molecule has 0 amide bonds. The lowest BCUT2D eigenvalue weighted by Crippen LogP contribution is -2.19. The van der Waals surface area contributed by atoms with E-state index in [2.05, 4.69) is 100 Å². The fourth-order valence-corrected chi connectivity index (χ4v) is 15.2. The molecule has 8 N–H and O–H groups in total. The number of nitrogen functional groups attached to an aromatic ring is 4. The van der Waals surface area contributed by atoms with Crippen molar-refractivity contribution < 1.29 is 45.6 Å². The van der Waals surface area contributed by atoms with E-state index >= 15 is 17.6 Å². The molecule has 17 aromatic rings. The van der Waals surface area contributed by atoms with Gasteiger partial charge in [-0.2, -0.15) is 30.1 Å². The normalized spacial score (nSPS) is 11.3. The van der Waals surface area contributed by atoms with Crippen LogP contribution < -0.4 is 46.6 Å². The highest BCUT2D eigenvalue weighted by atomic mass is 32.1. The maximum atomic E-state index is 15.4. The first-order chi connectivity index (χ1) is 64.1. The number of thiophene rings is 2. The number of hydrogen-bond donors (Lipinski definition) is 4. The van der Waals surface area contributed by atoms with Gasteiger partial charge in [0.15, 0.2) is 46.6 Å². The predicted molar refractivity (Wildman–Crippen MR) is 504 cm³/mol. The van der Waals surface area contributed by atoms with Crippen LogP contribution in [0.3, 0.4) is 0 Å². The van der Waals surface area contributed by atoms with Crippen molar-refractivity contribution in [2.45, 2.75) is 27.7 Å². The van der Waals surface area contributed by atoms with Gasteiger partial charge in [-0.15, -0.1) is 31.7 Å². The molecule has 133 heavy (non-hydrogen) atoms. The number of tetrazole rings is 4. The summed E-state index contributed by atoms with van der Waals surface area (Å²) >= 11 is 3.25. The van der Waals surface area contributed by atoms with E-state index in [9.17, 15) is 4.39 Å². The van der Waals surface area contributed by atoms with Gasteiger partial charge in [0, 0.05) is 105 Å². The van der Waals surface area contributed by atoms with E-state index in [0.717, 1.165) is 69.0 Å². The number of rotatable bonds is 29. The van der Waals surface area contributed by atoms with E-state index in [4.69, 9.17) is 46.6 Å². The third kappa shape index (κ3) is 21.9. The van der Waals surface area contributed by atoms with Gasteiger partial charge < -0.3 is 66.2 Å². The maximum absolute atomic E-state index is 15.4. The van der Waals surface area contributed by atoms with Crippen LogP contribution in [0, 0.1) is 56.8 Å². The molecule has 0 aliphatic carbocycles. The zero-order valence-electron chi connectivity index (χ0n) is 74.9. The van der Waals surface area contributed by atoms with Crippen molar-refractivity contribution in [3.63, 3.8) is 0 Å². The van der Waals surface area contributed by atoms with Crippen molar-refractivity contribution in [2.24, 2.45) is 0 Å². The summed E-state index contributed by atoms with van der Waals surface area (Å²) in [6, 6.07) is 46.3. The number of halogens is 5. The van der Waals surface area contributed by atoms with Gasteiger partial charge in [0.1, 0.15) is 107 Å². The molecule has 10 heterocycles. The van der Waals surface area contributed by atoms with E-state index < -0.39 is 23.3 Å². The summed E-state index contributed by atoms with van der Waals surface area (Å²) in [5.74, 6) is 2.42. The maximum Gasteiger partial charge on any atom is 0.190 e. The number of benzene rings is 7. The quantitative estimate of drug-likeness (QED) is 0.0316. The van der Waals surface area contributed by atoms with Crippen LogP contribution in [-0.2, 0) is 0 Å². The van der Waals surface area contributed by atoms with Crippen molar-refractivity contribution in [1.29, 1.82) is 0 Å². The molecule has 0 radical (unpaired) electrons. The first kappa shape index (κ1) is 93.9. The van der Waals surface area contributed by atoms with E-state index in [0.29, 0.717) is 118 Å². The van der Waals surface area contributed by atoms with Crippen molar-refractivity contribution in [3.05, 3.63) is 245 Å². The molecule has 40 heteroatoms. The largest absolute Gasteiger partial charge is 0.497 e. The molecular formula is C93H95F5N28O5S2. The van der Waals surface area contributed by atoms with Crippen LogP contribution in [0.25, 0.3) is 122 Å². The van der Waals surface area contributed by atoms with Gasteiger partial charge in [-0.25, -0.2) is 41.9 Å². The zero-order valence-corrected chi connectivity index (χ0v) is 76.6. The number of nitrogens with zero attached hydrogens (tertiary/aromatic N) is 24. The number of nitrogens with two attached hydrogens (primary N) is 4. The lowest BCUT2D eigenvalue weighted by atomic mass is 10.0. The number of ether oxygens (including phenoxy) is 5. The van der Waals surface area contributed by atoms with Crippen LogP contribution in [0.1, 0.15) is 22.3 Å². The highest BCUT2D eigenvalue weighted by Gasteiger charge is 2.27. The van der Waals surface area contributed by atoms with Crippen LogP contribution in [0.2, 0.25) is 0 Å². The van der Waals surface area contributed by atoms with Crippen LogP contribution in [0.4, 0.5) is 45.2 Å². The summed E-state index contributed by atoms with van der Waals surface area (Å²) in [5, 5.41) is 52.6. The van der Waals surface area contributed by atoms with Crippen LogP contribution in [0.15, 0.2) is 193 Å². The van der Waals surface area contributed by atoms with Gasteiger partial charge in [-0.1, -0.05) is 42.5 Å². The summed E-state index contributed by atoms with van der Waals surface area (Å²) in [7, 11) is 17.2. The van der Waals surface area contributed by atoms with Crippen LogP contribution in [-0.4, -0.2) is 236 Å². The monoisotopic (exact) mass is 1840 g/mol. The molecule has 0 atom stereocenters. The highest BCUT2D eigenvalue weighted by molar-refractivity contribution is 7.22. The van der Waals surface area contributed by atoms with Crippen molar-refractivity contribution in [2.75, 3.05) is 139 Å². The summed E-state index contributed by atoms with van der Waals surface area (Å²) < 4.78 is 109. The number of aromatic nitrogens is 20. The van der Waals surface area contributed by atoms with Crippen molar-refractivity contribution in [1.82, 2.24) is 120 Å². The molecule has 0 aliphatic rings. The average molecular weight is 1840 g/mol. The van der Waals surface area contributed by atoms with Gasteiger partial charge in [-0.05, 0) is 274 Å². The predicted octanol–water partition coefficient (Wildman–Crippen LogP) is 14.9. The summed E-state index contributed by atoms with van der Waals surface area (Å²) in [6.45, 7) is 11.3. The minimum Gasteiger partial charge on any atom is -0.497 e.